The maximum Gasteiger partial charge on any atom is 0.254 e. The topological polar surface area (TPSA) is 129 Å². The Morgan fingerprint density at radius 3 is 2.49 bits per heavy atom. The highest BCUT2D eigenvalue weighted by atomic mass is 16.5. The molecule has 1 amide bonds. The Balaban J connectivity index is 1.12. The number of ether oxygens (including phenoxy) is 2. The van der Waals surface area contributed by atoms with E-state index in [2.05, 4.69) is 36.1 Å². The van der Waals surface area contributed by atoms with Gasteiger partial charge in [0, 0.05) is 67.9 Å². The monoisotopic (exact) mass is 633 g/mol. The SMILES string of the molecule is COc1cnc(N2CC(Cn3c(-c4cc5cccnc5n4CC4CC4)nc4cc(C(=O)N5CC6CCC5[C@@H]6N)cc(OC)c43)C2)cn1. The number of likely N-dealkylation sites (tertiary alicyclic amines) is 1. The molecule has 12 heteroatoms. The molecule has 2 N–H and O–H groups in total. The number of aromatic nitrogens is 6. The summed E-state index contributed by atoms with van der Waals surface area (Å²) < 4.78 is 15.9. The molecule has 0 radical (unpaired) electrons. The number of hydrogen-bond donors (Lipinski definition) is 1. The normalized spacial score (nSPS) is 22.4. The van der Waals surface area contributed by atoms with E-state index in [9.17, 15) is 4.79 Å². The largest absolute Gasteiger partial charge is 0.494 e. The zero-order valence-electron chi connectivity index (χ0n) is 26.7. The fourth-order valence-corrected chi connectivity index (χ4v) is 8.05. The summed E-state index contributed by atoms with van der Waals surface area (Å²) in [6.45, 7) is 4.03. The van der Waals surface area contributed by atoms with Crippen molar-refractivity contribution in [3.8, 4) is 23.1 Å². The van der Waals surface area contributed by atoms with Crippen LogP contribution in [0.1, 0.15) is 36.0 Å². The van der Waals surface area contributed by atoms with Crippen molar-refractivity contribution in [1.82, 2.24) is 34.0 Å². The fourth-order valence-electron chi connectivity index (χ4n) is 8.05. The van der Waals surface area contributed by atoms with Crippen molar-refractivity contribution in [2.45, 2.75) is 50.9 Å². The third-order valence-corrected chi connectivity index (χ3v) is 10.8. The highest BCUT2D eigenvalue weighted by molar-refractivity contribution is 6.00. The van der Waals surface area contributed by atoms with Crippen LogP contribution in [0, 0.1) is 17.8 Å². The molecule has 5 aromatic rings. The molecule has 6 heterocycles. The molecule has 9 rings (SSSR count). The molecule has 2 bridgehead atoms. The minimum absolute atomic E-state index is 0.00577. The number of pyridine rings is 1. The summed E-state index contributed by atoms with van der Waals surface area (Å²) in [5, 5.41) is 1.10. The van der Waals surface area contributed by atoms with Gasteiger partial charge in [0.15, 0.2) is 5.82 Å². The lowest BCUT2D eigenvalue weighted by Gasteiger charge is -2.40. The lowest BCUT2D eigenvalue weighted by Crippen LogP contribution is -2.49. The Bertz CT molecular complexity index is 1990. The Morgan fingerprint density at radius 2 is 1.79 bits per heavy atom. The highest BCUT2D eigenvalue weighted by Gasteiger charge is 2.47. The second-order valence-electron chi connectivity index (χ2n) is 13.7. The summed E-state index contributed by atoms with van der Waals surface area (Å²) in [6, 6.07) is 10.3. The van der Waals surface area contributed by atoms with Gasteiger partial charge in [0.25, 0.3) is 5.91 Å². The van der Waals surface area contributed by atoms with Gasteiger partial charge in [-0.3, -0.25) is 4.79 Å². The zero-order chi connectivity index (χ0) is 31.8. The smallest absolute Gasteiger partial charge is 0.254 e. The van der Waals surface area contributed by atoms with Crippen molar-refractivity contribution >= 4 is 33.8 Å². The van der Waals surface area contributed by atoms with Crippen molar-refractivity contribution in [3.05, 3.63) is 54.5 Å². The number of piperidine rings is 1. The van der Waals surface area contributed by atoms with Crippen molar-refractivity contribution in [2.75, 3.05) is 38.8 Å². The van der Waals surface area contributed by atoms with Crippen LogP contribution in [0.2, 0.25) is 0 Å². The van der Waals surface area contributed by atoms with Gasteiger partial charge in [0.1, 0.15) is 22.7 Å². The minimum Gasteiger partial charge on any atom is -0.494 e. The summed E-state index contributed by atoms with van der Waals surface area (Å²) in [4.78, 5) is 37.1. The first kappa shape index (κ1) is 28.5. The number of anilines is 1. The maximum atomic E-state index is 13.9. The molecule has 12 nitrogen and oxygen atoms in total. The van der Waals surface area contributed by atoms with Crippen LogP contribution in [0.4, 0.5) is 5.82 Å². The number of carbonyl (C=O) groups excluding carboxylic acids is 1. The van der Waals surface area contributed by atoms with E-state index in [-0.39, 0.29) is 18.0 Å². The average Bonchev–Trinajstić information content (AvgIpc) is 3.44. The standard InChI is InChI=1S/C35H39N9O3/c1-46-28-12-24(35(45)43-19-23-7-8-26(43)31(23)36)10-25-32(28)44(18-21-15-41(16-21)29-13-39-30(47-2)14-38-29)34(40-25)27-11-22-4-3-9-37-33(22)42(27)17-20-5-6-20/h3-4,9-14,20-21,23,26,31H,5-8,15-19,36H2,1-2H3/t23?,26?,31-/m1/s1. The second kappa shape index (κ2) is 10.9. The number of hydrogen-bond acceptors (Lipinski definition) is 9. The predicted molar refractivity (Wildman–Crippen MR) is 178 cm³/mol. The number of fused-ring (bicyclic) bond motifs is 4. The third-order valence-electron chi connectivity index (χ3n) is 10.8. The minimum atomic E-state index is 0.00577. The lowest BCUT2D eigenvalue weighted by atomic mass is 10.00. The van der Waals surface area contributed by atoms with Crippen molar-refractivity contribution in [1.29, 1.82) is 0 Å². The van der Waals surface area contributed by atoms with E-state index in [0.717, 1.165) is 85.0 Å². The van der Waals surface area contributed by atoms with E-state index in [1.165, 1.54) is 12.8 Å². The molecule has 2 aliphatic heterocycles. The second-order valence-corrected chi connectivity index (χ2v) is 13.7. The number of nitrogens with two attached hydrogens (primary N) is 1. The number of amides is 1. The van der Waals surface area contributed by atoms with Crippen LogP contribution in [-0.4, -0.2) is 85.8 Å². The number of carbonyl (C=O) groups is 1. The van der Waals surface area contributed by atoms with Gasteiger partial charge in [-0.05, 0) is 67.9 Å². The molecule has 242 valence electrons. The van der Waals surface area contributed by atoms with Crippen LogP contribution >= 0.6 is 0 Å². The fraction of sp³-hybridized carbons (Fsp3) is 0.457. The van der Waals surface area contributed by atoms with Crippen molar-refractivity contribution in [2.24, 2.45) is 23.5 Å². The molecule has 4 aliphatic rings. The van der Waals surface area contributed by atoms with E-state index in [1.807, 2.05) is 29.3 Å². The van der Waals surface area contributed by atoms with E-state index in [0.29, 0.717) is 34.9 Å². The van der Waals surface area contributed by atoms with Gasteiger partial charge >= 0.3 is 0 Å². The quantitative estimate of drug-likeness (QED) is 0.256. The van der Waals surface area contributed by atoms with Gasteiger partial charge in [0.05, 0.1) is 37.8 Å². The Kier molecular flexibility index (Phi) is 6.63. The summed E-state index contributed by atoms with van der Waals surface area (Å²) in [5.41, 5.74) is 10.7. The predicted octanol–water partition coefficient (Wildman–Crippen LogP) is 3.97. The summed E-state index contributed by atoms with van der Waals surface area (Å²) in [6.07, 6.45) is 9.81. The summed E-state index contributed by atoms with van der Waals surface area (Å²) >= 11 is 0. The molecule has 2 saturated carbocycles. The molecular formula is C35H39N9O3. The summed E-state index contributed by atoms with van der Waals surface area (Å²) in [5.74, 6) is 4.24. The Labute approximate surface area is 272 Å². The molecule has 47 heavy (non-hydrogen) atoms. The van der Waals surface area contributed by atoms with E-state index in [4.69, 9.17) is 25.2 Å². The first-order chi connectivity index (χ1) is 23.0. The van der Waals surface area contributed by atoms with E-state index < -0.39 is 0 Å². The van der Waals surface area contributed by atoms with Gasteiger partial charge in [0.2, 0.25) is 5.88 Å². The number of benzene rings is 1. The van der Waals surface area contributed by atoms with Gasteiger partial charge in [-0.1, -0.05) is 0 Å². The number of methoxy groups -OCH3 is 2. The first-order valence-corrected chi connectivity index (χ1v) is 16.7. The van der Waals surface area contributed by atoms with Gasteiger partial charge < -0.3 is 34.1 Å². The molecule has 4 fully saturated rings. The van der Waals surface area contributed by atoms with Crippen LogP contribution in [0.3, 0.4) is 0 Å². The molecular weight excluding hydrogens is 594 g/mol. The molecule has 2 unspecified atom stereocenters. The molecule has 3 atom stereocenters. The molecule has 2 aliphatic carbocycles. The maximum absolute atomic E-state index is 13.9. The van der Waals surface area contributed by atoms with Crippen LogP contribution in [0.15, 0.2) is 48.9 Å². The molecule has 4 aromatic heterocycles. The van der Waals surface area contributed by atoms with Crippen molar-refractivity contribution < 1.29 is 14.3 Å². The summed E-state index contributed by atoms with van der Waals surface area (Å²) in [7, 11) is 3.27. The number of nitrogens with zero attached hydrogens (tertiary/aromatic N) is 8. The third kappa shape index (κ3) is 4.71. The highest BCUT2D eigenvalue weighted by Crippen LogP contribution is 2.41. The van der Waals surface area contributed by atoms with Crippen LogP contribution in [-0.2, 0) is 13.1 Å². The Hall–Kier alpha value is -4.71. The lowest BCUT2D eigenvalue weighted by molar-refractivity contribution is 0.0700. The van der Waals surface area contributed by atoms with E-state index >= 15 is 0 Å². The van der Waals surface area contributed by atoms with Gasteiger partial charge in [-0.2, -0.15) is 0 Å². The van der Waals surface area contributed by atoms with Crippen molar-refractivity contribution in [3.63, 3.8) is 0 Å². The number of rotatable bonds is 9. The van der Waals surface area contributed by atoms with Crippen LogP contribution in [0.5, 0.6) is 11.6 Å². The molecule has 2 saturated heterocycles. The Morgan fingerprint density at radius 1 is 0.936 bits per heavy atom. The molecule has 1 aromatic carbocycles. The average molecular weight is 634 g/mol. The van der Waals surface area contributed by atoms with Gasteiger partial charge in [-0.15, -0.1) is 0 Å². The van der Waals surface area contributed by atoms with E-state index in [1.54, 1.807) is 26.6 Å². The first-order valence-electron chi connectivity index (χ1n) is 16.7. The number of imidazole rings is 1. The molecule has 0 spiro atoms. The van der Waals surface area contributed by atoms with Crippen LogP contribution < -0.4 is 20.1 Å². The van der Waals surface area contributed by atoms with Crippen LogP contribution in [0.25, 0.3) is 33.6 Å². The van der Waals surface area contributed by atoms with Gasteiger partial charge in [-0.25, -0.2) is 19.9 Å². The zero-order valence-corrected chi connectivity index (χ0v) is 26.7.